The van der Waals surface area contributed by atoms with Gasteiger partial charge in [-0.15, -0.1) is 0 Å². The maximum Gasteiger partial charge on any atom is 0.341 e. The predicted octanol–water partition coefficient (Wildman–Crippen LogP) is 4.23. The lowest BCUT2D eigenvalue weighted by Gasteiger charge is -2.34. The number of aryl methyl sites for hydroxylation is 3. The lowest BCUT2D eigenvalue weighted by Crippen LogP contribution is -2.49. The van der Waals surface area contributed by atoms with Crippen LogP contribution >= 0.6 is 0 Å². The first-order chi connectivity index (χ1) is 20.5. The first kappa shape index (κ1) is 31.8. The van der Waals surface area contributed by atoms with Crippen LogP contribution in [0.1, 0.15) is 54.4 Å². The average molecular weight is 617 g/mol. The molecule has 0 spiro atoms. The molecule has 0 amide bonds. The molecule has 2 aromatic carbocycles. The largest absolute Gasteiger partial charge is 0.493 e. The van der Waals surface area contributed by atoms with E-state index in [2.05, 4.69) is 5.16 Å². The third kappa shape index (κ3) is 7.46. The number of methoxy groups -OCH3 is 2. The van der Waals surface area contributed by atoms with E-state index in [9.17, 15) is 18.0 Å². The number of rotatable bonds is 13. The van der Waals surface area contributed by atoms with E-state index in [0.29, 0.717) is 54.9 Å². The van der Waals surface area contributed by atoms with E-state index >= 15 is 0 Å². The number of aromatic nitrogens is 1. The SMILES string of the molecule is COc1ccc(CC[C@@H](OC(=O)C2CCCCN2S(=O)(=O)c2c(C)noc2C)c2cccc(OCC(=O)O)c2)cc1OC. The fourth-order valence-electron chi connectivity index (χ4n) is 5.18. The van der Waals surface area contributed by atoms with E-state index in [4.69, 9.17) is 28.6 Å². The van der Waals surface area contributed by atoms with Gasteiger partial charge in [-0.1, -0.05) is 23.4 Å². The number of aliphatic carboxylic acids is 1. The van der Waals surface area contributed by atoms with Gasteiger partial charge < -0.3 is 28.6 Å². The Labute approximate surface area is 250 Å². The number of piperidine rings is 1. The molecule has 2 heterocycles. The fraction of sp³-hybridized carbons (Fsp3) is 0.433. The Morgan fingerprint density at radius 2 is 1.86 bits per heavy atom. The van der Waals surface area contributed by atoms with Crippen LogP contribution in [0.2, 0.25) is 0 Å². The number of hydrogen-bond donors (Lipinski definition) is 1. The van der Waals surface area contributed by atoms with Gasteiger partial charge in [0.25, 0.3) is 0 Å². The molecule has 13 heteroatoms. The molecule has 0 bridgehead atoms. The van der Waals surface area contributed by atoms with Gasteiger partial charge in [0.05, 0.1) is 14.2 Å². The molecule has 1 aliphatic heterocycles. The Morgan fingerprint density at radius 3 is 2.53 bits per heavy atom. The minimum Gasteiger partial charge on any atom is -0.493 e. The number of esters is 1. The molecule has 2 atom stereocenters. The van der Waals surface area contributed by atoms with Gasteiger partial charge in [-0.3, -0.25) is 4.79 Å². The van der Waals surface area contributed by atoms with Crippen LogP contribution in [0.3, 0.4) is 0 Å². The van der Waals surface area contributed by atoms with Crippen LogP contribution in [0.25, 0.3) is 0 Å². The summed E-state index contributed by atoms with van der Waals surface area (Å²) in [6, 6.07) is 11.1. The molecule has 232 valence electrons. The smallest absolute Gasteiger partial charge is 0.341 e. The standard InChI is InChI=1S/C30H36N2O10S/c1-19-29(20(2)42-31-19)43(36,37)32-15-6-5-10-24(32)30(35)41-25(22-8-7-9-23(17-22)40-18-28(33)34)13-11-21-12-14-26(38-3)27(16-21)39-4/h7-9,12,14,16-17,24-25H,5-6,10-11,13,15,18H2,1-4H3,(H,33,34)/t24?,25-/m1/s1. The maximum absolute atomic E-state index is 13.8. The van der Waals surface area contributed by atoms with Crippen LogP contribution in [-0.2, 0) is 30.8 Å². The van der Waals surface area contributed by atoms with E-state index in [0.717, 1.165) is 5.56 Å². The summed E-state index contributed by atoms with van der Waals surface area (Å²) in [5, 5.41) is 12.8. The van der Waals surface area contributed by atoms with Crippen LogP contribution < -0.4 is 14.2 Å². The van der Waals surface area contributed by atoms with Crippen molar-refractivity contribution in [1.82, 2.24) is 9.46 Å². The van der Waals surface area contributed by atoms with Gasteiger partial charge in [0.15, 0.2) is 23.9 Å². The van der Waals surface area contributed by atoms with Gasteiger partial charge >= 0.3 is 11.9 Å². The van der Waals surface area contributed by atoms with Crippen molar-refractivity contribution < 1.29 is 46.6 Å². The van der Waals surface area contributed by atoms with Gasteiger partial charge in [-0.2, -0.15) is 4.31 Å². The number of carbonyl (C=O) groups excluding carboxylic acids is 1. The van der Waals surface area contributed by atoms with Crippen LogP contribution in [-0.4, -0.2) is 68.3 Å². The number of carboxylic acids is 1. The summed E-state index contributed by atoms with van der Waals surface area (Å²) < 4.78 is 55.8. The van der Waals surface area contributed by atoms with E-state index in [1.54, 1.807) is 51.5 Å². The molecule has 0 saturated carbocycles. The number of benzene rings is 2. The molecule has 0 radical (unpaired) electrons. The summed E-state index contributed by atoms with van der Waals surface area (Å²) in [5.74, 6) is -0.217. The van der Waals surface area contributed by atoms with E-state index < -0.39 is 40.7 Å². The molecular formula is C30H36N2O10S. The van der Waals surface area contributed by atoms with Crippen molar-refractivity contribution in [3.63, 3.8) is 0 Å². The second-order valence-corrected chi connectivity index (χ2v) is 12.0. The van der Waals surface area contributed by atoms with Crippen LogP contribution in [0, 0.1) is 13.8 Å². The summed E-state index contributed by atoms with van der Waals surface area (Å²) in [6.07, 6.45) is 1.57. The van der Waals surface area contributed by atoms with E-state index in [1.165, 1.54) is 11.2 Å². The molecule has 1 aliphatic rings. The number of carbonyl (C=O) groups is 2. The first-order valence-electron chi connectivity index (χ1n) is 13.9. The topological polar surface area (TPSA) is 155 Å². The molecular weight excluding hydrogens is 580 g/mol. The zero-order chi connectivity index (χ0) is 31.1. The summed E-state index contributed by atoms with van der Waals surface area (Å²) in [4.78, 5) is 24.8. The summed E-state index contributed by atoms with van der Waals surface area (Å²) in [6.45, 7) is 2.69. The van der Waals surface area contributed by atoms with Gasteiger partial charge in [-0.25, -0.2) is 13.2 Å². The highest BCUT2D eigenvalue weighted by atomic mass is 32.2. The quantitative estimate of drug-likeness (QED) is 0.274. The normalized spacial score (nSPS) is 16.3. The number of hydrogen-bond acceptors (Lipinski definition) is 10. The molecule has 1 aromatic heterocycles. The van der Waals surface area contributed by atoms with Crippen LogP contribution in [0.4, 0.5) is 0 Å². The van der Waals surface area contributed by atoms with Crippen molar-refractivity contribution in [2.45, 2.75) is 63.0 Å². The van der Waals surface area contributed by atoms with Crippen molar-refractivity contribution in [2.75, 3.05) is 27.4 Å². The Kier molecular flexibility index (Phi) is 10.3. The molecule has 43 heavy (non-hydrogen) atoms. The Bertz CT molecular complexity index is 1530. The van der Waals surface area contributed by atoms with Crippen LogP contribution in [0.5, 0.6) is 17.2 Å². The first-order valence-corrected chi connectivity index (χ1v) is 15.3. The molecule has 0 aliphatic carbocycles. The van der Waals surface area contributed by atoms with Gasteiger partial charge in [-0.05, 0) is 81.3 Å². The molecule has 1 saturated heterocycles. The van der Waals surface area contributed by atoms with Crippen molar-refractivity contribution in [1.29, 1.82) is 0 Å². The Morgan fingerprint density at radius 1 is 1.09 bits per heavy atom. The molecule has 4 rings (SSSR count). The monoisotopic (exact) mass is 616 g/mol. The Hall–Kier alpha value is -4.10. The van der Waals surface area contributed by atoms with Gasteiger partial charge in [0.2, 0.25) is 10.0 Å². The molecule has 1 fully saturated rings. The fourth-order valence-corrected chi connectivity index (χ4v) is 7.13. The highest BCUT2D eigenvalue weighted by Gasteiger charge is 2.41. The predicted molar refractivity (Wildman–Crippen MR) is 154 cm³/mol. The average Bonchev–Trinajstić information content (AvgIpc) is 3.36. The third-order valence-corrected chi connectivity index (χ3v) is 9.41. The molecule has 3 aromatic rings. The number of nitrogens with zero attached hydrogens (tertiary/aromatic N) is 2. The highest BCUT2D eigenvalue weighted by Crippen LogP contribution is 2.34. The van der Waals surface area contributed by atoms with Crippen molar-refractivity contribution in [2.24, 2.45) is 0 Å². The zero-order valence-electron chi connectivity index (χ0n) is 24.6. The number of sulfonamides is 1. The second kappa shape index (κ2) is 13.9. The lowest BCUT2D eigenvalue weighted by atomic mass is 10.00. The molecule has 1 unspecified atom stereocenters. The van der Waals surface area contributed by atoms with Gasteiger partial charge in [0.1, 0.15) is 28.5 Å². The van der Waals surface area contributed by atoms with Crippen molar-refractivity contribution in [3.8, 4) is 17.2 Å². The van der Waals surface area contributed by atoms with Crippen molar-refractivity contribution >= 4 is 22.0 Å². The minimum absolute atomic E-state index is 0.0412. The zero-order valence-corrected chi connectivity index (χ0v) is 25.4. The lowest BCUT2D eigenvalue weighted by molar-refractivity contribution is -0.155. The number of carboxylic acid groups (broad SMARTS) is 1. The van der Waals surface area contributed by atoms with E-state index in [-0.39, 0.29) is 22.9 Å². The summed E-state index contributed by atoms with van der Waals surface area (Å²) in [7, 11) is -1.00. The van der Waals surface area contributed by atoms with Crippen molar-refractivity contribution in [3.05, 3.63) is 65.0 Å². The third-order valence-electron chi connectivity index (χ3n) is 7.25. The molecule has 1 N–H and O–H groups in total. The highest BCUT2D eigenvalue weighted by molar-refractivity contribution is 7.89. The Balaban J connectivity index is 1.62. The van der Waals surface area contributed by atoms with E-state index in [1.807, 2.05) is 12.1 Å². The second-order valence-electron chi connectivity index (χ2n) is 10.2. The number of ether oxygens (including phenoxy) is 4. The molecule has 12 nitrogen and oxygen atoms in total. The van der Waals surface area contributed by atoms with Crippen LogP contribution in [0.15, 0.2) is 51.9 Å². The maximum atomic E-state index is 13.8. The summed E-state index contributed by atoms with van der Waals surface area (Å²) >= 11 is 0. The van der Waals surface area contributed by atoms with Gasteiger partial charge in [0, 0.05) is 6.54 Å². The summed E-state index contributed by atoms with van der Waals surface area (Å²) in [5.41, 5.74) is 1.70. The minimum atomic E-state index is -4.09.